The van der Waals surface area contributed by atoms with Gasteiger partial charge in [-0.2, -0.15) is 0 Å². The predicted molar refractivity (Wildman–Crippen MR) is 81.2 cm³/mol. The number of methoxy groups -OCH3 is 1. The molecule has 0 aromatic heterocycles. The third kappa shape index (κ3) is 4.20. The highest BCUT2D eigenvalue weighted by atomic mass is 19.1. The molecule has 0 unspecified atom stereocenters. The summed E-state index contributed by atoms with van der Waals surface area (Å²) in [6, 6.07) is 10.6. The van der Waals surface area contributed by atoms with Crippen LogP contribution in [0.2, 0.25) is 0 Å². The topological polar surface area (TPSA) is 44.5 Å². The molecule has 0 aliphatic rings. The Hall–Kier alpha value is -2.07. The molecule has 0 heterocycles. The molecule has 0 saturated carbocycles. The summed E-state index contributed by atoms with van der Waals surface area (Å²) in [4.78, 5) is 0. The number of hydrogen-bond donors (Lipinski definition) is 1. The fraction of sp³-hybridized carbons (Fsp3) is 0.294. The molecular formula is C17H20FNO2. The van der Waals surface area contributed by atoms with Gasteiger partial charge in [-0.05, 0) is 49.7 Å². The number of rotatable bonds is 6. The Morgan fingerprint density at radius 1 is 1.14 bits per heavy atom. The number of benzene rings is 2. The molecule has 2 aromatic rings. The summed E-state index contributed by atoms with van der Waals surface area (Å²) in [6.07, 6.45) is 0.627. The predicted octanol–water partition coefficient (Wildman–Crippen LogP) is 3.22. The van der Waals surface area contributed by atoms with Crippen molar-refractivity contribution in [2.45, 2.75) is 20.0 Å². The number of aryl methyl sites for hydroxylation is 1. The van der Waals surface area contributed by atoms with Crippen LogP contribution in [0.15, 0.2) is 36.4 Å². The van der Waals surface area contributed by atoms with Crippen LogP contribution in [0.4, 0.5) is 4.39 Å². The zero-order valence-electron chi connectivity index (χ0n) is 12.4. The van der Waals surface area contributed by atoms with Crippen molar-refractivity contribution in [3.8, 4) is 11.5 Å². The van der Waals surface area contributed by atoms with E-state index in [0.717, 1.165) is 22.4 Å². The minimum absolute atomic E-state index is 0.313. The molecule has 0 aliphatic heterocycles. The summed E-state index contributed by atoms with van der Waals surface area (Å²) in [7, 11) is 1.62. The van der Waals surface area contributed by atoms with Crippen molar-refractivity contribution in [1.82, 2.24) is 0 Å². The van der Waals surface area contributed by atoms with E-state index in [1.54, 1.807) is 7.11 Å². The number of ether oxygens (including phenoxy) is 2. The number of hydrogen-bond acceptors (Lipinski definition) is 3. The Morgan fingerprint density at radius 2 is 1.95 bits per heavy atom. The molecule has 0 bridgehead atoms. The van der Waals surface area contributed by atoms with Gasteiger partial charge >= 0.3 is 0 Å². The number of halogens is 1. The zero-order chi connectivity index (χ0) is 15.2. The fourth-order valence-corrected chi connectivity index (χ4v) is 2.20. The second-order valence-corrected chi connectivity index (χ2v) is 4.94. The van der Waals surface area contributed by atoms with Crippen molar-refractivity contribution in [2.75, 3.05) is 13.7 Å². The van der Waals surface area contributed by atoms with E-state index >= 15 is 0 Å². The molecule has 0 spiro atoms. The lowest BCUT2D eigenvalue weighted by Crippen LogP contribution is -2.04. The lowest BCUT2D eigenvalue weighted by atomic mass is 10.1. The van der Waals surface area contributed by atoms with Crippen LogP contribution in [0.1, 0.15) is 16.7 Å². The first kappa shape index (κ1) is 15.3. The van der Waals surface area contributed by atoms with Gasteiger partial charge in [-0.15, -0.1) is 0 Å². The molecule has 0 radical (unpaired) electrons. The van der Waals surface area contributed by atoms with Crippen LogP contribution in [-0.2, 0) is 13.0 Å². The zero-order valence-corrected chi connectivity index (χ0v) is 12.4. The lowest BCUT2D eigenvalue weighted by Gasteiger charge is -2.12. The molecule has 0 saturated heterocycles. The lowest BCUT2D eigenvalue weighted by molar-refractivity contribution is 0.295. The Morgan fingerprint density at radius 3 is 2.67 bits per heavy atom. The van der Waals surface area contributed by atoms with Gasteiger partial charge in [0, 0.05) is 11.6 Å². The normalized spacial score (nSPS) is 10.5. The standard InChI is InChI=1S/C17H20FNO2/c1-12-3-4-17(20-2)14(7-12)11-21-16-9-13(5-6-19)8-15(18)10-16/h3-4,7-10H,5-6,11,19H2,1-2H3. The van der Waals surface area contributed by atoms with Crippen LogP contribution in [0, 0.1) is 12.7 Å². The minimum Gasteiger partial charge on any atom is -0.496 e. The summed E-state index contributed by atoms with van der Waals surface area (Å²) >= 11 is 0. The maximum absolute atomic E-state index is 13.5. The first-order chi connectivity index (χ1) is 10.1. The SMILES string of the molecule is COc1ccc(C)cc1COc1cc(F)cc(CCN)c1. The van der Waals surface area contributed by atoms with Crippen molar-refractivity contribution in [1.29, 1.82) is 0 Å². The van der Waals surface area contributed by atoms with Crippen LogP contribution < -0.4 is 15.2 Å². The van der Waals surface area contributed by atoms with Gasteiger partial charge in [-0.25, -0.2) is 4.39 Å². The van der Waals surface area contributed by atoms with Crippen LogP contribution in [0.3, 0.4) is 0 Å². The van der Waals surface area contributed by atoms with Crippen molar-refractivity contribution >= 4 is 0 Å². The third-order valence-electron chi connectivity index (χ3n) is 3.19. The Labute approximate surface area is 124 Å². The van der Waals surface area contributed by atoms with Gasteiger partial charge < -0.3 is 15.2 Å². The molecule has 112 valence electrons. The first-order valence-electron chi connectivity index (χ1n) is 6.88. The summed E-state index contributed by atoms with van der Waals surface area (Å²) < 4.78 is 24.5. The van der Waals surface area contributed by atoms with Crippen LogP contribution in [0.25, 0.3) is 0 Å². The van der Waals surface area contributed by atoms with E-state index in [9.17, 15) is 4.39 Å². The molecule has 0 fully saturated rings. The molecule has 2 rings (SSSR count). The summed E-state index contributed by atoms with van der Waals surface area (Å²) in [5.74, 6) is 0.952. The van der Waals surface area contributed by atoms with E-state index in [1.807, 2.05) is 31.2 Å². The van der Waals surface area contributed by atoms with E-state index in [4.69, 9.17) is 15.2 Å². The summed E-state index contributed by atoms with van der Waals surface area (Å²) in [5, 5.41) is 0. The van der Waals surface area contributed by atoms with E-state index in [0.29, 0.717) is 25.3 Å². The van der Waals surface area contributed by atoms with E-state index in [2.05, 4.69) is 0 Å². The van der Waals surface area contributed by atoms with Crippen molar-refractivity contribution in [3.63, 3.8) is 0 Å². The quantitative estimate of drug-likeness (QED) is 0.888. The minimum atomic E-state index is -0.313. The smallest absolute Gasteiger partial charge is 0.127 e. The van der Waals surface area contributed by atoms with Crippen LogP contribution in [0.5, 0.6) is 11.5 Å². The summed E-state index contributed by atoms with van der Waals surface area (Å²) in [6.45, 7) is 2.81. The Balaban J connectivity index is 2.14. The molecule has 3 nitrogen and oxygen atoms in total. The largest absolute Gasteiger partial charge is 0.496 e. The molecular weight excluding hydrogens is 269 g/mol. The van der Waals surface area contributed by atoms with Gasteiger partial charge in [0.25, 0.3) is 0 Å². The molecule has 0 amide bonds. The molecule has 21 heavy (non-hydrogen) atoms. The van der Waals surface area contributed by atoms with E-state index in [-0.39, 0.29) is 5.82 Å². The Bertz CT molecular complexity index is 614. The highest BCUT2D eigenvalue weighted by molar-refractivity contribution is 5.37. The third-order valence-corrected chi connectivity index (χ3v) is 3.19. The highest BCUT2D eigenvalue weighted by Crippen LogP contribution is 2.23. The van der Waals surface area contributed by atoms with Gasteiger partial charge in [0.1, 0.15) is 23.9 Å². The van der Waals surface area contributed by atoms with Crippen LogP contribution in [-0.4, -0.2) is 13.7 Å². The van der Waals surface area contributed by atoms with Gasteiger partial charge in [0.15, 0.2) is 0 Å². The van der Waals surface area contributed by atoms with Crippen molar-refractivity contribution in [2.24, 2.45) is 5.73 Å². The second-order valence-electron chi connectivity index (χ2n) is 4.94. The summed E-state index contributed by atoms with van der Waals surface area (Å²) in [5.41, 5.74) is 8.39. The maximum atomic E-state index is 13.5. The molecule has 2 N–H and O–H groups in total. The average molecular weight is 289 g/mol. The number of nitrogens with two attached hydrogens (primary N) is 1. The van der Waals surface area contributed by atoms with Crippen molar-refractivity contribution < 1.29 is 13.9 Å². The first-order valence-corrected chi connectivity index (χ1v) is 6.88. The molecule has 4 heteroatoms. The van der Waals surface area contributed by atoms with Gasteiger partial charge in [-0.1, -0.05) is 11.6 Å². The molecule has 2 aromatic carbocycles. The molecule has 0 atom stereocenters. The van der Waals surface area contributed by atoms with Crippen LogP contribution >= 0.6 is 0 Å². The fourth-order valence-electron chi connectivity index (χ4n) is 2.20. The highest BCUT2D eigenvalue weighted by Gasteiger charge is 2.06. The van der Waals surface area contributed by atoms with Crippen molar-refractivity contribution in [3.05, 3.63) is 58.9 Å². The average Bonchev–Trinajstić information content (AvgIpc) is 2.45. The van der Waals surface area contributed by atoms with E-state index in [1.165, 1.54) is 12.1 Å². The molecule has 0 aliphatic carbocycles. The second kappa shape index (κ2) is 7.09. The van der Waals surface area contributed by atoms with Gasteiger partial charge in [0.05, 0.1) is 7.11 Å². The van der Waals surface area contributed by atoms with Gasteiger partial charge in [-0.3, -0.25) is 0 Å². The Kier molecular flexibility index (Phi) is 5.17. The van der Waals surface area contributed by atoms with Gasteiger partial charge in [0.2, 0.25) is 0 Å². The van der Waals surface area contributed by atoms with E-state index < -0.39 is 0 Å². The maximum Gasteiger partial charge on any atom is 0.127 e. The monoisotopic (exact) mass is 289 g/mol.